The summed E-state index contributed by atoms with van der Waals surface area (Å²) in [7, 11) is 0. The van der Waals surface area contributed by atoms with Gasteiger partial charge in [-0.15, -0.1) is 0 Å². The Labute approximate surface area is 80.3 Å². The molecule has 0 amide bonds. The number of carbonyl (C=O) groups excluding carboxylic acids is 1. The third kappa shape index (κ3) is 5.23. The molecular weight excluding hydrogens is 164 g/mol. The van der Waals surface area contributed by atoms with Crippen molar-refractivity contribution in [1.29, 1.82) is 0 Å². The quantitative estimate of drug-likeness (QED) is 0.371. The van der Waals surface area contributed by atoms with Crippen molar-refractivity contribution in [2.24, 2.45) is 0 Å². The summed E-state index contributed by atoms with van der Waals surface area (Å²) in [5.74, 6) is -0.309. The van der Waals surface area contributed by atoms with Crippen LogP contribution >= 0.6 is 0 Å². The fourth-order valence-corrected chi connectivity index (χ4v) is 0.932. The van der Waals surface area contributed by atoms with Crippen LogP contribution in [0.25, 0.3) is 0 Å². The lowest BCUT2D eigenvalue weighted by Crippen LogP contribution is -2.16. The maximum atomic E-state index is 11.1. The van der Waals surface area contributed by atoms with Gasteiger partial charge in [0.25, 0.3) is 0 Å². The molecule has 0 saturated heterocycles. The van der Waals surface area contributed by atoms with Gasteiger partial charge in [0.15, 0.2) is 0 Å². The van der Waals surface area contributed by atoms with Crippen LogP contribution < -0.4 is 0 Å². The van der Waals surface area contributed by atoms with Gasteiger partial charge in [0.05, 0.1) is 0 Å². The van der Waals surface area contributed by atoms with Crippen LogP contribution in [-0.2, 0) is 9.53 Å². The van der Waals surface area contributed by atoms with Gasteiger partial charge in [0.1, 0.15) is 6.10 Å². The van der Waals surface area contributed by atoms with Crippen LogP contribution in [0.3, 0.4) is 0 Å². The fraction of sp³-hybridized carbons (Fsp3) is 0.545. The summed E-state index contributed by atoms with van der Waals surface area (Å²) in [6.07, 6.45) is 5.55. The zero-order valence-electron chi connectivity index (χ0n) is 8.67. The highest BCUT2D eigenvalue weighted by molar-refractivity contribution is 5.87. The first-order chi connectivity index (χ1) is 6.11. The van der Waals surface area contributed by atoms with Crippen LogP contribution in [0.15, 0.2) is 24.3 Å². The highest BCUT2D eigenvalue weighted by Crippen LogP contribution is 2.06. The molecule has 2 nitrogen and oxygen atoms in total. The van der Waals surface area contributed by atoms with Gasteiger partial charge in [0.2, 0.25) is 0 Å². The molecule has 0 N–H and O–H groups in total. The molecule has 0 heterocycles. The molecule has 1 atom stereocenters. The minimum atomic E-state index is -0.309. The van der Waals surface area contributed by atoms with Crippen LogP contribution in [0.2, 0.25) is 0 Å². The smallest absolute Gasteiger partial charge is 0.333 e. The molecule has 2 heteroatoms. The minimum absolute atomic E-state index is 0.0980. The zero-order chi connectivity index (χ0) is 10.3. The summed E-state index contributed by atoms with van der Waals surface area (Å²) in [5, 5.41) is 0. The Bertz CT molecular complexity index is 204. The molecule has 0 fully saturated rings. The predicted octanol–water partition coefficient (Wildman–Crippen LogP) is 2.85. The summed E-state index contributed by atoms with van der Waals surface area (Å²) in [6, 6.07) is 0. The first-order valence-corrected chi connectivity index (χ1v) is 4.61. The second-order valence-corrected chi connectivity index (χ2v) is 3.04. The molecule has 0 spiro atoms. The van der Waals surface area contributed by atoms with Crippen molar-refractivity contribution in [3.05, 3.63) is 24.3 Å². The van der Waals surface area contributed by atoms with E-state index in [1.54, 1.807) is 6.92 Å². The molecule has 0 bridgehead atoms. The first kappa shape index (κ1) is 11.9. The Morgan fingerprint density at radius 1 is 1.62 bits per heavy atom. The van der Waals surface area contributed by atoms with E-state index in [1.165, 1.54) is 0 Å². The van der Waals surface area contributed by atoms with Gasteiger partial charge < -0.3 is 4.74 Å². The van der Waals surface area contributed by atoms with Crippen molar-refractivity contribution in [3.8, 4) is 0 Å². The van der Waals surface area contributed by atoms with E-state index in [1.807, 2.05) is 19.1 Å². The maximum absolute atomic E-state index is 11.1. The third-order valence-electron chi connectivity index (χ3n) is 1.59. The predicted molar refractivity (Wildman–Crippen MR) is 54.4 cm³/mol. The van der Waals surface area contributed by atoms with Crippen LogP contribution in [0.5, 0.6) is 0 Å². The van der Waals surface area contributed by atoms with Gasteiger partial charge in [-0.3, -0.25) is 0 Å². The number of allylic oxidation sites excluding steroid dienone is 1. The minimum Gasteiger partial charge on any atom is -0.455 e. The van der Waals surface area contributed by atoms with Crippen molar-refractivity contribution in [2.45, 2.75) is 39.7 Å². The number of rotatable bonds is 5. The van der Waals surface area contributed by atoms with Gasteiger partial charge in [-0.2, -0.15) is 0 Å². The van der Waals surface area contributed by atoms with Gasteiger partial charge in [-0.1, -0.05) is 26.0 Å². The van der Waals surface area contributed by atoms with E-state index >= 15 is 0 Å². The van der Waals surface area contributed by atoms with Gasteiger partial charge in [0, 0.05) is 5.57 Å². The molecule has 0 aromatic rings. The first-order valence-electron chi connectivity index (χ1n) is 4.61. The Kier molecular flexibility index (Phi) is 5.94. The van der Waals surface area contributed by atoms with E-state index in [-0.39, 0.29) is 12.1 Å². The summed E-state index contributed by atoms with van der Waals surface area (Å²) < 4.78 is 5.17. The van der Waals surface area contributed by atoms with Gasteiger partial charge in [-0.25, -0.2) is 4.79 Å². The lowest BCUT2D eigenvalue weighted by Gasteiger charge is -2.12. The Hall–Kier alpha value is -1.05. The number of hydrogen-bond donors (Lipinski definition) is 0. The molecule has 0 aromatic heterocycles. The third-order valence-corrected chi connectivity index (χ3v) is 1.59. The van der Waals surface area contributed by atoms with E-state index in [0.717, 1.165) is 12.8 Å². The van der Waals surface area contributed by atoms with E-state index in [9.17, 15) is 4.79 Å². The average molecular weight is 182 g/mol. The Morgan fingerprint density at radius 3 is 2.62 bits per heavy atom. The number of carbonyl (C=O) groups is 1. The van der Waals surface area contributed by atoms with Crippen molar-refractivity contribution in [2.75, 3.05) is 0 Å². The zero-order valence-corrected chi connectivity index (χ0v) is 8.67. The summed E-state index contributed by atoms with van der Waals surface area (Å²) in [4.78, 5) is 11.1. The molecule has 0 aliphatic heterocycles. The standard InChI is InChI=1S/C11H18O2/c1-5-7-10(8-6-2)13-11(12)9(3)4/h5,7,10H,3,6,8H2,1-2,4H3/b7-5+. The lowest BCUT2D eigenvalue weighted by atomic mass is 10.2. The topological polar surface area (TPSA) is 26.3 Å². The van der Waals surface area contributed by atoms with Crippen LogP contribution in [0.4, 0.5) is 0 Å². The van der Waals surface area contributed by atoms with Crippen LogP contribution in [-0.4, -0.2) is 12.1 Å². The van der Waals surface area contributed by atoms with E-state index in [2.05, 4.69) is 13.5 Å². The largest absolute Gasteiger partial charge is 0.455 e. The molecule has 0 rings (SSSR count). The molecule has 0 radical (unpaired) electrons. The van der Waals surface area contributed by atoms with E-state index in [0.29, 0.717) is 5.57 Å². The number of ether oxygens (including phenoxy) is 1. The van der Waals surface area contributed by atoms with Crippen molar-refractivity contribution in [1.82, 2.24) is 0 Å². The van der Waals surface area contributed by atoms with E-state index in [4.69, 9.17) is 4.74 Å². The highest BCUT2D eigenvalue weighted by Gasteiger charge is 2.10. The number of hydrogen-bond acceptors (Lipinski definition) is 2. The van der Waals surface area contributed by atoms with Crippen molar-refractivity contribution >= 4 is 5.97 Å². The average Bonchev–Trinajstić information content (AvgIpc) is 2.05. The Balaban J connectivity index is 4.08. The molecule has 1 unspecified atom stereocenters. The second-order valence-electron chi connectivity index (χ2n) is 3.04. The van der Waals surface area contributed by atoms with Crippen LogP contribution in [0, 0.1) is 0 Å². The molecule has 0 aliphatic carbocycles. The van der Waals surface area contributed by atoms with Crippen LogP contribution in [0.1, 0.15) is 33.6 Å². The molecule has 0 saturated carbocycles. The van der Waals surface area contributed by atoms with Crippen molar-refractivity contribution in [3.63, 3.8) is 0 Å². The molecule has 0 aromatic carbocycles. The van der Waals surface area contributed by atoms with Gasteiger partial charge >= 0.3 is 5.97 Å². The summed E-state index contributed by atoms with van der Waals surface area (Å²) >= 11 is 0. The van der Waals surface area contributed by atoms with E-state index < -0.39 is 0 Å². The van der Waals surface area contributed by atoms with Gasteiger partial charge in [-0.05, 0) is 26.3 Å². The highest BCUT2D eigenvalue weighted by atomic mass is 16.5. The summed E-state index contributed by atoms with van der Waals surface area (Å²) in [6.45, 7) is 9.16. The Morgan fingerprint density at radius 2 is 2.23 bits per heavy atom. The number of esters is 1. The molecular formula is C11H18O2. The normalized spacial score (nSPS) is 12.8. The second kappa shape index (κ2) is 6.46. The molecule has 74 valence electrons. The maximum Gasteiger partial charge on any atom is 0.333 e. The molecule has 0 aliphatic rings. The fourth-order valence-electron chi connectivity index (χ4n) is 0.932. The van der Waals surface area contributed by atoms with Crippen molar-refractivity contribution < 1.29 is 9.53 Å². The molecule has 13 heavy (non-hydrogen) atoms. The lowest BCUT2D eigenvalue weighted by molar-refractivity contribution is -0.142. The monoisotopic (exact) mass is 182 g/mol. The summed E-state index contributed by atoms with van der Waals surface area (Å²) in [5.41, 5.74) is 0.450. The SMILES string of the molecule is C=C(C)C(=O)OC(/C=C/C)CCC.